The molecule has 1 aliphatic carbocycles. The molecule has 3 aromatic rings. The summed E-state index contributed by atoms with van der Waals surface area (Å²) >= 11 is 1.45. The van der Waals surface area contributed by atoms with Gasteiger partial charge < -0.3 is 5.32 Å². The van der Waals surface area contributed by atoms with Gasteiger partial charge in [0.2, 0.25) is 5.91 Å². The number of hydrogen-bond acceptors (Lipinski definition) is 4. The Labute approximate surface area is 163 Å². The number of pyridine rings is 1. The van der Waals surface area contributed by atoms with Crippen LogP contribution in [0, 0.1) is 5.92 Å². The van der Waals surface area contributed by atoms with Crippen molar-refractivity contribution in [1.82, 2.24) is 9.97 Å². The van der Waals surface area contributed by atoms with Crippen LogP contribution in [0.3, 0.4) is 0 Å². The molecule has 1 aliphatic rings. The lowest BCUT2D eigenvalue weighted by Gasteiger charge is -2.20. The lowest BCUT2D eigenvalue weighted by Crippen LogP contribution is -2.23. The molecule has 1 fully saturated rings. The maximum atomic E-state index is 13.0. The van der Waals surface area contributed by atoms with Crippen molar-refractivity contribution >= 4 is 22.4 Å². The number of carbonyl (C=O) groups is 1. The zero-order valence-corrected chi connectivity index (χ0v) is 16.0. The summed E-state index contributed by atoms with van der Waals surface area (Å²) in [6.45, 7) is 0. The monoisotopic (exact) mass is 377 g/mol. The molecule has 0 bridgehead atoms. The standard InChI is InChI=1S/C22H23N3OS/c26-21(25-22-23-12-13-27-22)19(14-16-6-4-5-7-16)18-10-11-20(24-15-18)17-8-2-1-3-9-17/h1-3,8-13,15-16,19H,4-7,14H2,(H,23,25,26). The number of anilines is 1. The van der Waals surface area contributed by atoms with Crippen LogP contribution >= 0.6 is 11.3 Å². The van der Waals surface area contributed by atoms with E-state index in [0.717, 1.165) is 23.2 Å². The van der Waals surface area contributed by atoms with Crippen LogP contribution in [0.15, 0.2) is 60.2 Å². The molecule has 1 N–H and O–H groups in total. The smallest absolute Gasteiger partial charge is 0.233 e. The van der Waals surface area contributed by atoms with E-state index in [9.17, 15) is 4.79 Å². The Morgan fingerprint density at radius 2 is 1.93 bits per heavy atom. The molecule has 1 aromatic carbocycles. The van der Waals surface area contributed by atoms with Crippen molar-refractivity contribution in [3.05, 3.63) is 65.8 Å². The number of carbonyl (C=O) groups excluding carboxylic acids is 1. The molecule has 27 heavy (non-hydrogen) atoms. The third-order valence-electron chi connectivity index (χ3n) is 5.28. The molecule has 1 amide bonds. The van der Waals surface area contributed by atoms with Gasteiger partial charge >= 0.3 is 0 Å². The van der Waals surface area contributed by atoms with Crippen molar-refractivity contribution in [1.29, 1.82) is 0 Å². The largest absolute Gasteiger partial charge is 0.301 e. The van der Waals surface area contributed by atoms with Crippen molar-refractivity contribution in [3.63, 3.8) is 0 Å². The Balaban J connectivity index is 1.56. The molecule has 0 aliphatic heterocycles. The number of aromatic nitrogens is 2. The Morgan fingerprint density at radius 3 is 2.59 bits per heavy atom. The van der Waals surface area contributed by atoms with Crippen molar-refractivity contribution in [2.24, 2.45) is 5.92 Å². The molecule has 4 nitrogen and oxygen atoms in total. The molecule has 0 radical (unpaired) electrons. The Morgan fingerprint density at radius 1 is 1.11 bits per heavy atom. The fraction of sp³-hybridized carbons (Fsp3) is 0.318. The zero-order chi connectivity index (χ0) is 18.5. The Bertz CT molecular complexity index is 856. The second kappa shape index (κ2) is 8.44. The van der Waals surface area contributed by atoms with E-state index in [2.05, 4.69) is 21.4 Å². The lowest BCUT2D eigenvalue weighted by molar-refractivity contribution is -0.118. The third-order valence-corrected chi connectivity index (χ3v) is 5.97. The predicted octanol–water partition coefficient (Wildman–Crippen LogP) is 5.51. The summed E-state index contributed by atoms with van der Waals surface area (Å²) in [5, 5.41) is 5.51. The van der Waals surface area contributed by atoms with Crippen LogP contribution in [0.1, 0.15) is 43.6 Å². The molecule has 0 saturated heterocycles. The minimum absolute atomic E-state index is 0.0195. The SMILES string of the molecule is O=C(Nc1nccs1)C(CC1CCCC1)c1ccc(-c2ccccc2)nc1. The quantitative estimate of drug-likeness (QED) is 0.616. The van der Waals surface area contributed by atoms with Gasteiger partial charge in [-0.2, -0.15) is 0 Å². The average Bonchev–Trinajstić information content (AvgIpc) is 3.41. The molecule has 1 saturated carbocycles. The summed E-state index contributed by atoms with van der Waals surface area (Å²) in [6, 6.07) is 14.2. The maximum absolute atomic E-state index is 13.0. The van der Waals surface area contributed by atoms with E-state index in [-0.39, 0.29) is 11.8 Å². The number of nitrogens with zero attached hydrogens (tertiary/aromatic N) is 2. The van der Waals surface area contributed by atoms with Gasteiger partial charge in [0, 0.05) is 23.3 Å². The molecule has 1 unspecified atom stereocenters. The van der Waals surface area contributed by atoms with E-state index in [1.807, 2.05) is 48.0 Å². The number of rotatable bonds is 6. The van der Waals surface area contributed by atoms with Crippen LogP contribution in [0.2, 0.25) is 0 Å². The third kappa shape index (κ3) is 4.42. The number of amides is 1. The molecule has 4 rings (SSSR count). The first-order valence-electron chi connectivity index (χ1n) is 9.51. The Kier molecular flexibility index (Phi) is 5.58. The highest BCUT2D eigenvalue weighted by Crippen LogP contribution is 2.35. The van der Waals surface area contributed by atoms with Crippen LogP contribution in [0.5, 0.6) is 0 Å². The van der Waals surface area contributed by atoms with Gasteiger partial charge in [-0.15, -0.1) is 11.3 Å². The van der Waals surface area contributed by atoms with Crippen LogP contribution < -0.4 is 5.32 Å². The second-order valence-corrected chi connectivity index (χ2v) is 8.00. The van der Waals surface area contributed by atoms with Gasteiger partial charge in [0.25, 0.3) is 0 Å². The van der Waals surface area contributed by atoms with Crippen molar-refractivity contribution < 1.29 is 4.79 Å². The van der Waals surface area contributed by atoms with Gasteiger partial charge in [-0.05, 0) is 24.0 Å². The molecule has 2 aromatic heterocycles. The first kappa shape index (κ1) is 17.9. The van der Waals surface area contributed by atoms with Crippen LogP contribution in [-0.2, 0) is 4.79 Å². The van der Waals surface area contributed by atoms with Gasteiger partial charge in [0.15, 0.2) is 5.13 Å². The minimum atomic E-state index is -0.186. The zero-order valence-electron chi connectivity index (χ0n) is 15.2. The normalized spacial score (nSPS) is 15.6. The molecule has 138 valence electrons. The predicted molar refractivity (Wildman–Crippen MR) is 110 cm³/mol. The Hall–Kier alpha value is -2.53. The van der Waals surface area contributed by atoms with E-state index < -0.39 is 0 Å². The second-order valence-electron chi connectivity index (χ2n) is 7.11. The molecule has 2 heterocycles. The van der Waals surface area contributed by atoms with Gasteiger partial charge in [-0.3, -0.25) is 9.78 Å². The van der Waals surface area contributed by atoms with Gasteiger partial charge in [-0.1, -0.05) is 62.1 Å². The van der Waals surface area contributed by atoms with Crippen LogP contribution in [0.4, 0.5) is 5.13 Å². The van der Waals surface area contributed by atoms with Gasteiger partial charge in [-0.25, -0.2) is 4.98 Å². The van der Waals surface area contributed by atoms with Gasteiger partial charge in [0.05, 0.1) is 11.6 Å². The number of hydrogen-bond donors (Lipinski definition) is 1. The molecule has 1 atom stereocenters. The van der Waals surface area contributed by atoms with Crippen LogP contribution in [0.25, 0.3) is 11.3 Å². The van der Waals surface area contributed by atoms with Crippen molar-refractivity contribution in [2.45, 2.75) is 38.0 Å². The summed E-state index contributed by atoms with van der Waals surface area (Å²) in [5.74, 6) is 0.450. The highest BCUT2D eigenvalue weighted by molar-refractivity contribution is 7.13. The summed E-state index contributed by atoms with van der Waals surface area (Å²) in [7, 11) is 0. The number of nitrogens with one attached hydrogen (secondary N) is 1. The summed E-state index contributed by atoms with van der Waals surface area (Å²) in [4.78, 5) is 21.8. The number of benzene rings is 1. The molecular weight excluding hydrogens is 354 g/mol. The fourth-order valence-electron chi connectivity index (χ4n) is 3.84. The van der Waals surface area contributed by atoms with Crippen molar-refractivity contribution in [2.75, 3.05) is 5.32 Å². The summed E-state index contributed by atoms with van der Waals surface area (Å²) in [6.07, 6.45) is 9.44. The van der Waals surface area contributed by atoms with E-state index in [4.69, 9.17) is 0 Å². The van der Waals surface area contributed by atoms with Gasteiger partial charge in [0.1, 0.15) is 0 Å². The summed E-state index contributed by atoms with van der Waals surface area (Å²) in [5.41, 5.74) is 3.00. The highest BCUT2D eigenvalue weighted by Gasteiger charge is 2.27. The fourth-order valence-corrected chi connectivity index (χ4v) is 4.37. The average molecular weight is 378 g/mol. The van der Waals surface area contributed by atoms with E-state index in [1.165, 1.54) is 37.0 Å². The van der Waals surface area contributed by atoms with Crippen LogP contribution in [-0.4, -0.2) is 15.9 Å². The maximum Gasteiger partial charge on any atom is 0.233 e. The van der Waals surface area contributed by atoms with E-state index in [0.29, 0.717) is 11.0 Å². The molecule has 5 heteroatoms. The summed E-state index contributed by atoms with van der Waals surface area (Å²) < 4.78 is 0. The first-order valence-corrected chi connectivity index (χ1v) is 10.4. The first-order chi connectivity index (χ1) is 13.3. The number of thiazole rings is 1. The highest BCUT2D eigenvalue weighted by atomic mass is 32.1. The minimum Gasteiger partial charge on any atom is -0.301 e. The van der Waals surface area contributed by atoms with Crippen molar-refractivity contribution in [3.8, 4) is 11.3 Å². The lowest BCUT2D eigenvalue weighted by atomic mass is 9.88. The van der Waals surface area contributed by atoms with E-state index >= 15 is 0 Å². The molecular formula is C22H23N3OS. The van der Waals surface area contributed by atoms with E-state index in [1.54, 1.807) is 6.20 Å². The molecule has 0 spiro atoms. The topological polar surface area (TPSA) is 54.9 Å².